The molecule has 2 aromatic rings. The van der Waals surface area contributed by atoms with Crippen LogP contribution in [0, 0.1) is 0 Å². The summed E-state index contributed by atoms with van der Waals surface area (Å²) in [5.74, 6) is -2.48. The zero-order valence-corrected chi connectivity index (χ0v) is 14.3. The average Bonchev–Trinajstić information content (AvgIpc) is 3.07. The lowest BCUT2D eigenvalue weighted by Crippen LogP contribution is -2.41. The molecule has 0 spiro atoms. The molecule has 1 amide bonds. The van der Waals surface area contributed by atoms with Crippen LogP contribution in [-0.2, 0) is 11.2 Å². The number of hydrogen-bond acceptors (Lipinski definition) is 5. The van der Waals surface area contributed by atoms with Crippen molar-refractivity contribution in [3.05, 3.63) is 35.7 Å². The van der Waals surface area contributed by atoms with Gasteiger partial charge in [-0.15, -0.1) is 0 Å². The highest BCUT2D eigenvalue weighted by Gasteiger charge is 2.27. The van der Waals surface area contributed by atoms with Crippen LogP contribution in [0.3, 0.4) is 0 Å². The van der Waals surface area contributed by atoms with E-state index >= 15 is 0 Å². The van der Waals surface area contributed by atoms with Crippen molar-refractivity contribution in [2.24, 2.45) is 5.73 Å². The van der Waals surface area contributed by atoms with E-state index < -0.39 is 24.9 Å². The van der Waals surface area contributed by atoms with Gasteiger partial charge in [0.25, 0.3) is 5.92 Å². The number of carbonyl (C=O) groups is 1. The third kappa shape index (κ3) is 5.60. The van der Waals surface area contributed by atoms with Gasteiger partial charge in [0.1, 0.15) is 0 Å². The van der Waals surface area contributed by atoms with Crippen molar-refractivity contribution in [1.29, 1.82) is 0 Å². The molecular formula is C17H22F2N4O2. The molecule has 136 valence electrons. The summed E-state index contributed by atoms with van der Waals surface area (Å²) < 4.78 is 31.0. The first kappa shape index (κ1) is 19.0. The van der Waals surface area contributed by atoms with E-state index in [1.54, 1.807) is 0 Å². The maximum absolute atomic E-state index is 13.0. The number of benzene rings is 1. The van der Waals surface area contributed by atoms with E-state index in [0.717, 1.165) is 5.56 Å². The Hall–Kier alpha value is -2.35. The van der Waals surface area contributed by atoms with Gasteiger partial charge in [-0.1, -0.05) is 43.3 Å². The van der Waals surface area contributed by atoms with E-state index in [9.17, 15) is 13.6 Å². The van der Waals surface area contributed by atoms with Crippen LogP contribution in [0.2, 0.25) is 0 Å². The summed E-state index contributed by atoms with van der Waals surface area (Å²) in [5, 5.41) is 6.02. The van der Waals surface area contributed by atoms with E-state index in [-0.39, 0.29) is 18.7 Å². The van der Waals surface area contributed by atoms with Gasteiger partial charge in [0.2, 0.25) is 17.6 Å². The van der Waals surface area contributed by atoms with Crippen molar-refractivity contribution in [3.8, 4) is 11.4 Å². The van der Waals surface area contributed by atoms with Gasteiger partial charge in [-0.05, 0) is 11.5 Å². The van der Waals surface area contributed by atoms with Crippen LogP contribution in [0.15, 0.2) is 28.8 Å². The van der Waals surface area contributed by atoms with Crippen LogP contribution in [0.1, 0.15) is 37.6 Å². The second-order valence-electron chi connectivity index (χ2n) is 6.13. The summed E-state index contributed by atoms with van der Waals surface area (Å²) >= 11 is 0. The standard InChI is InChI=1S/C17H22F2N4O2/c1-11(2)12-3-5-13(6-4-12)16-22-15(25-23-16)8-7-14(24)21-10-17(18,19)9-20/h3-6,11H,7-10,20H2,1-2H3,(H,21,24). The number of nitrogens with one attached hydrogen (secondary N) is 1. The molecule has 0 aliphatic heterocycles. The van der Waals surface area contributed by atoms with Crippen molar-refractivity contribution in [2.45, 2.75) is 38.5 Å². The summed E-state index contributed by atoms with van der Waals surface area (Å²) in [6.07, 6.45) is 0.158. The Labute approximate surface area is 144 Å². The van der Waals surface area contributed by atoms with Crippen molar-refractivity contribution in [1.82, 2.24) is 15.5 Å². The Morgan fingerprint density at radius 1 is 1.32 bits per heavy atom. The quantitative estimate of drug-likeness (QED) is 0.761. The Morgan fingerprint density at radius 3 is 2.60 bits per heavy atom. The number of amides is 1. The van der Waals surface area contributed by atoms with Crippen molar-refractivity contribution in [3.63, 3.8) is 0 Å². The number of nitrogens with two attached hydrogens (primary N) is 1. The zero-order chi connectivity index (χ0) is 18.4. The van der Waals surface area contributed by atoms with Gasteiger partial charge in [-0.3, -0.25) is 4.79 Å². The third-order valence-corrected chi connectivity index (χ3v) is 3.71. The summed E-state index contributed by atoms with van der Waals surface area (Å²) in [6, 6.07) is 7.82. The highest BCUT2D eigenvalue weighted by molar-refractivity contribution is 5.76. The van der Waals surface area contributed by atoms with E-state index in [4.69, 9.17) is 10.3 Å². The van der Waals surface area contributed by atoms with E-state index in [1.165, 1.54) is 5.56 Å². The van der Waals surface area contributed by atoms with Gasteiger partial charge in [0, 0.05) is 18.4 Å². The predicted molar refractivity (Wildman–Crippen MR) is 89.2 cm³/mol. The minimum atomic E-state index is -3.10. The van der Waals surface area contributed by atoms with E-state index in [2.05, 4.69) is 29.3 Å². The number of halogens is 2. The average molecular weight is 352 g/mol. The molecule has 8 heteroatoms. The topological polar surface area (TPSA) is 94.0 Å². The number of aryl methyl sites for hydroxylation is 1. The van der Waals surface area contributed by atoms with Gasteiger partial charge < -0.3 is 15.6 Å². The van der Waals surface area contributed by atoms with Crippen LogP contribution in [0.25, 0.3) is 11.4 Å². The fourth-order valence-electron chi connectivity index (χ4n) is 2.10. The molecule has 25 heavy (non-hydrogen) atoms. The number of hydrogen-bond donors (Lipinski definition) is 2. The second-order valence-corrected chi connectivity index (χ2v) is 6.13. The number of carbonyl (C=O) groups excluding carboxylic acids is 1. The van der Waals surface area contributed by atoms with Crippen LogP contribution >= 0.6 is 0 Å². The Morgan fingerprint density at radius 2 is 2.00 bits per heavy atom. The monoisotopic (exact) mass is 352 g/mol. The molecule has 0 unspecified atom stereocenters. The number of nitrogens with zero attached hydrogens (tertiary/aromatic N) is 2. The van der Waals surface area contributed by atoms with E-state index in [0.29, 0.717) is 11.7 Å². The summed E-state index contributed by atoms with van der Waals surface area (Å²) in [4.78, 5) is 15.8. The highest BCUT2D eigenvalue weighted by atomic mass is 19.3. The molecule has 0 atom stereocenters. The minimum Gasteiger partial charge on any atom is -0.350 e. The van der Waals surface area contributed by atoms with Crippen molar-refractivity contribution >= 4 is 5.91 Å². The van der Waals surface area contributed by atoms with Gasteiger partial charge in [-0.25, -0.2) is 8.78 Å². The molecule has 1 aromatic heterocycles. The molecule has 0 saturated carbocycles. The smallest absolute Gasteiger partial charge is 0.277 e. The normalized spacial score (nSPS) is 11.8. The number of rotatable bonds is 8. The maximum atomic E-state index is 13.0. The predicted octanol–water partition coefficient (Wildman–Crippen LogP) is 2.50. The van der Waals surface area contributed by atoms with Gasteiger partial charge in [0.15, 0.2) is 0 Å². The molecule has 0 aliphatic carbocycles. The number of alkyl halides is 2. The first-order chi connectivity index (χ1) is 11.8. The Balaban J connectivity index is 1.88. The lowest BCUT2D eigenvalue weighted by atomic mass is 10.0. The Bertz CT molecular complexity index is 699. The fourth-order valence-corrected chi connectivity index (χ4v) is 2.10. The van der Waals surface area contributed by atoms with Crippen LogP contribution in [0.4, 0.5) is 8.78 Å². The lowest BCUT2D eigenvalue weighted by Gasteiger charge is -2.14. The molecule has 1 heterocycles. The SMILES string of the molecule is CC(C)c1ccc(-c2noc(CCC(=O)NCC(F)(F)CN)n2)cc1. The van der Waals surface area contributed by atoms with Gasteiger partial charge in [0.05, 0.1) is 13.1 Å². The summed E-state index contributed by atoms with van der Waals surface area (Å²) in [5.41, 5.74) is 6.93. The highest BCUT2D eigenvalue weighted by Crippen LogP contribution is 2.20. The number of aromatic nitrogens is 2. The largest absolute Gasteiger partial charge is 0.350 e. The molecule has 0 bridgehead atoms. The minimum absolute atomic E-state index is 0.0193. The second kappa shape index (κ2) is 8.15. The molecule has 6 nitrogen and oxygen atoms in total. The van der Waals surface area contributed by atoms with Crippen LogP contribution in [-0.4, -0.2) is 35.1 Å². The third-order valence-electron chi connectivity index (χ3n) is 3.71. The summed E-state index contributed by atoms with van der Waals surface area (Å²) in [7, 11) is 0. The molecule has 0 saturated heterocycles. The maximum Gasteiger partial charge on any atom is 0.277 e. The fraction of sp³-hybridized carbons (Fsp3) is 0.471. The Kier molecular flexibility index (Phi) is 6.19. The van der Waals surface area contributed by atoms with E-state index in [1.807, 2.05) is 24.3 Å². The zero-order valence-electron chi connectivity index (χ0n) is 14.3. The van der Waals surface area contributed by atoms with Gasteiger partial charge >= 0.3 is 0 Å². The summed E-state index contributed by atoms with van der Waals surface area (Å²) in [6.45, 7) is 2.63. The molecule has 2 rings (SSSR count). The van der Waals surface area contributed by atoms with Crippen molar-refractivity contribution in [2.75, 3.05) is 13.1 Å². The van der Waals surface area contributed by atoms with Gasteiger partial charge in [-0.2, -0.15) is 4.98 Å². The van der Waals surface area contributed by atoms with Crippen LogP contribution < -0.4 is 11.1 Å². The molecule has 3 N–H and O–H groups in total. The van der Waals surface area contributed by atoms with Crippen LogP contribution in [0.5, 0.6) is 0 Å². The first-order valence-corrected chi connectivity index (χ1v) is 8.08. The lowest BCUT2D eigenvalue weighted by molar-refractivity contribution is -0.122. The molecule has 0 radical (unpaired) electrons. The molecule has 1 aromatic carbocycles. The van der Waals surface area contributed by atoms with Crippen molar-refractivity contribution < 1.29 is 18.1 Å². The molecule has 0 fully saturated rings. The first-order valence-electron chi connectivity index (χ1n) is 8.08. The molecular weight excluding hydrogens is 330 g/mol. The molecule has 0 aliphatic rings.